The van der Waals surface area contributed by atoms with Crippen LogP contribution < -0.4 is 0 Å². The summed E-state index contributed by atoms with van der Waals surface area (Å²) in [4.78, 5) is 12.9. The molecule has 126 valence electrons. The first-order valence-electron chi connectivity index (χ1n) is 8.81. The molecule has 0 aliphatic rings. The van der Waals surface area contributed by atoms with E-state index in [0.717, 1.165) is 16.7 Å². The van der Waals surface area contributed by atoms with E-state index in [4.69, 9.17) is 0 Å². The Labute approximate surface area is 142 Å². The van der Waals surface area contributed by atoms with Crippen molar-refractivity contribution in [2.75, 3.05) is 23.5 Å². The van der Waals surface area contributed by atoms with Crippen LogP contribution in [0.2, 0.25) is 0 Å². The number of hydrogen-bond donors (Lipinski definition) is 0. The molecule has 0 aliphatic heterocycles. The molecule has 0 aliphatic carbocycles. The fourth-order valence-electron chi connectivity index (χ4n) is 2.99. The molecule has 23 heavy (non-hydrogen) atoms. The van der Waals surface area contributed by atoms with Gasteiger partial charge in [0.25, 0.3) is 0 Å². The number of ketones is 1. The number of benzene rings is 2. The van der Waals surface area contributed by atoms with Crippen molar-refractivity contribution < 1.29 is 4.79 Å². The van der Waals surface area contributed by atoms with E-state index in [9.17, 15) is 4.79 Å². The lowest BCUT2D eigenvalue weighted by atomic mass is 10.1. The highest BCUT2D eigenvalue weighted by Gasteiger charge is 2.22. The van der Waals surface area contributed by atoms with Crippen molar-refractivity contribution in [1.82, 2.24) is 0 Å². The summed E-state index contributed by atoms with van der Waals surface area (Å²) in [6.07, 6.45) is 7.33. The Balaban J connectivity index is 2.15. The minimum atomic E-state index is -0.814. The summed E-state index contributed by atoms with van der Waals surface area (Å²) in [5, 5.41) is 2.37. The summed E-state index contributed by atoms with van der Waals surface area (Å²) in [6.45, 7) is 4.48. The highest BCUT2D eigenvalue weighted by Crippen LogP contribution is 2.46. The molecule has 0 N–H and O–H groups in total. The van der Waals surface area contributed by atoms with Gasteiger partial charge in [-0.05, 0) is 47.4 Å². The Morgan fingerprint density at radius 1 is 0.913 bits per heavy atom. The van der Waals surface area contributed by atoms with Crippen LogP contribution in [0, 0.1) is 0 Å². The number of carbonyl (C=O) groups is 1. The van der Waals surface area contributed by atoms with Crippen LogP contribution in [0.1, 0.15) is 49.9 Å². The highest BCUT2D eigenvalue weighted by atomic mass is 32.3. The van der Waals surface area contributed by atoms with Gasteiger partial charge in [0.15, 0.2) is 5.78 Å². The van der Waals surface area contributed by atoms with Crippen molar-refractivity contribution in [2.24, 2.45) is 0 Å². The average molecular weight is 331 g/mol. The molecular formula is C21H30OS. The summed E-state index contributed by atoms with van der Waals surface area (Å²) in [5.41, 5.74) is 0.885. The molecule has 2 heteroatoms. The summed E-state index contributed by atoms with van der Waals surface area (Å²) in [6, 6.07) is 14.4. The standard InChI is InChI=1S/C21H30OS/c1-4-6-14-23(3,15-7-5-2)17-21(22)20-13-12-18-10-8-9-11-19(18)16-20/h8-13,16H,4-7,14-15,17H2,1-3H3. The van der Waals surface area contributed by atoms with Crippen LogP contribution in [0.5, 0.6) is 0 Å². The molecule has 0 aromatic heterocycles. The third kappa shape index (κ3) is 5.10. The first-order valence-corrected chi connectivity index (χ1v) is 11.4. The number of Topliss-reactive ketones (excluding diaryl/α,β-unsaturated/α-hetero) is 1. The Hall–Kier alpha value is -1.28. The predicted molar refractivity (Wildman–Crippen MR) is 106 cm³/mol. The van der Waals surface area contributed by atoms with E-state index < -0.39 is 10.0 Å². The second kappa shape index (κ2) is 8.54. The molecule has 1 nitrogen and oxygen atoms in total. The van der Waals surface area contributed by atoms with E-state index in [1.165, 1.54) is 42.6 Å². The van der Waals surface area contributed by atoms with Gasteiger partial charge in [0.2, 0.25) is 0 Å². The van der Waals surface area contributed by atoms with Gasteiger partial charge in [-0.3, -0.25) is 4.79 Å². The van der Waals surface area contributed by atoms with E-state index >= 15 is 0 Å². The molecule has 0 spiro atoms. The van der Waals surface area contributed by atoms with Crippen LogP contribution >= 0.6 is 10.0 Å². The predicted octanol–water partition coefficient (Wildman–Crippen LogP) is 6.06. The minimum absolute atomic E-state index is 0.334. The second-order valence-corrected chi connectivity index (χ2v) is 10.8. The lowest BCUT2D eigenvalue weighted by molar-refractivity contribution is 0.102. The SMILES string of the molecule is CCCCS(C)(CCCC)CC(=O)c1ccc2ccccc2c1. The monoisotopic (exact) mass is 330 g/mol. The molecule has 0 unspecified atom stereocenters. The quantitative estimate of drug-likeness (QED) is 0.511. The lowest BCUT2D eigenvalue weighted by Crippen LogP contribution is -2.19. The number of rotatable bonds is 9. The Kier molecular flexibility index (Phi) is 6.71. The van der Waals surface area contributed by atoms with Crippen LogP contribution in [0.25, 0.3) is 10.8 Å². The molecule has 0 amide bonds. The van der Waals surface area contributed by atoms with Gasteiger partial charge in [-0.1, -0.05) is 63.1 Å². The topological polar surface area (TPSA) is 17.1 Å². The van der Waals surface area contributed by atoms with Crippen LogP contribution in [-0.4, -0.2) is 29.3 Å². The summed E-state index contributed by atoms with van der Waals surface area (Å²) in [5.74, 6) is 3.57. The van der Waals surface area contributed by atoms with Crippen LogP contribution in [-0.2, 0) is 0 Å². The maximum atomic E-state index is 12.9. The first-order chi connectivity index (χ1) is 11.1. The number of unbranched alkanes of at least 4 members (excludes halogenated alkanes) is 2. The molecule has 2 aromatic carbocycles. The fraction of sp³-hybridized carbons (Fsp3) is 0.476. The average Bonchev–Trinajstić information content (AvgIpc) is 2.58. The molecular weight excluding hydrogens is 300 g/mol. The zero-order chi connectivity index (χ0) is 16.7. The largest absolute Gasteiger partial charge is 0.293 e. The fourth-order valence-corrected chi connectivity index (χ4v) is 6.26. The molecule has 2 rings (SSSR count). The maximum Gasteiger partial charge on any atom is 0.171 e. The van der Waals surface area contributed by atoms with E-state index in [0.29, 0.717) is 5.78 Å². The Morgan fingerprint density at radius 3 is 2.13 bits per heavy atom. The van der Waals surface area contributed by atoms with Gasteiger partial charge in [-0.2, -0.15) is 0 Å². The van der Waals surface area contributed by atoms with Crippen molar-refractivity contribution >= 4 is 26.6 Å². The summed E-state index contributed by atoms with van der Waals surface area (Å²) < 4.78 is 0. The molecule has 0 bridgehead atoms. The maximum absolute atomic E-state index is 12.9. The van der Waals surface area contributed by atoms with Crippen molar-refractivity contribution in [3.8, 4) is 0 Å². The zero-order valence-corrected chi connectivity index (χ0v) is 15.6. The van der Waals surface area contributed by atoms with Gasteiger partial charge >= 0.3 is 0 Å². The van der Waals surface area contributed by atoms with E-state index in [1.54, 1.807) is 0 Å². The smallest absolute Gasteiger partial charge is 0.171 e. The van der Waals surface area contributed by atoms with Crippen molar-refractivity contribution in [2.45, 2.75) is 39.5 Å². The van der Waals surface area contributed by atoms with Gasteiger partial charge in [-0.25, -0.2) is 10.0 Å². The van der Waals surface area contributed by atoms with Gasteiger partial charge < -0.3 is 0 Å². The Bertz CT molecular complexity index is 639. The van der Waals surface area contributed by atoms with Crippen molar-refractivity contribution in [1.29, 1.82) is 0 Å². The zero-order valence-electron chi connectivity index (χ0n) is 14.8. The number of carbonyl (C=O) groups excluding carboxylic acids is 1. The van der Waals surface area contributed by atoms with Crippen molar-refractivity contribution in [3.05, 3.63) is 48.0 Å². The minimum Gasteiger partial charge on any atom is -0.293 e. The first kappa shape index (κ1) is 18.1. The molecule has 0 saturated carbocycles. The Morgan fingerprint density at radius 2 is 1.52 bits per heavy atom. The third-order valence-electron chi connectivity index (χ3n) is 4.53. The molecule has 0 saturated heterocycles. The van der Waals surface area contributed by atoms with Crippen LogP contribution in [0.4, 0.5) is 0 Å². The van der Waals surface area contributed by atoms with Crippen LogP contribution in [0.15, 0.2) is 42.5 Å². The molecule has 0 heterocycles. The molecule has 0 atom stereocenters. The van der Waals surface area contributed by atoms with Crippen molar-refractivity contribution in [3.63, 3.8) is 0 Å². The van der Waals surface area contributed by atoms with E-state index in [-0.39, 0.29) is 0 Å². The van der Waals surface area contributed by atoms with E-state index in [1.807, 2.05) is 18.2 Å². The molecule has 2 aromatic rings. The molecule has 0 radical (unpaired) electrons. The number of fused-ring (bicyclic) bond motifs is 1. The highest BCUT2D eigenvalue weighted by molar-refractivity contribution is 8.33. The third-order valence-corrected chi connectivity index (χ3v) is 8.04. The van der Waals surface area contributed by atoms with Gasteiger partial charge in [0.05, 0.1) is 0 Å². The van der Waals surface area contributed by atoms with Gasteiger partial charge in [0, 0.05) is 11.3 Å². The molecule has 0 fully saturated rings. The van der Waals surface area contributed by atoms with E-state index in [2.05, 4.69) is 44.4 Å². The lowest BCUT2D eigenvalue weighted by Gasteiger charge is -2.35. The van der Waals surface area contributed by atoms with Gasteiger partial charge in [-0.15, -0.1) is 0 Å². The van der Waals surface area contributed by atoms with Crippen LogP contribution in [0.3, 0.4) is 0 Å². The number of hydrogen-bond acceptors (Lipinski definition) is 1. The van der Waals surface area contributed by atoms with Gasteiger partial charge in [0.1, 0.15) is 0 Å². The summed E-state index contributed by atoms with van der Waals surface area (Å²) >= 11 is 0. The second-order valence-electron chi connectivity index (χ2n) is 6.72. The summed E-state index contributed by atoms with van der Waals surface area (Å²) in [7, 11) is -0.814. The normalized spacial score (nSPS) is 12.5.